The lowest BCUT2D eigenvalue weighted by Crippen LogP contribution is -2.51. The van der Waals surface area contributed by atoms with Crippen molar-refractivity contribution in [3.63, 3.8) is 0 Å². The number of benzene rings is 3. The number of aldehydes is 1. The van der Waals surface area contributed by atoms with Crippen LogP contribution in [0.5, 0.6) is 0 Å². The van der Waals surface area contributed by atoms with Gasteiger partial charge in [0.15, 0.2) is 0 Å². The average molecular weight is 506 g/mol. The molecule has 3 aromatic carbocycles. The van der Waals surface area contributed by atoms with Gasteiger partial charge in [-0.05, 0) is 29.0 Å². The fraction of sp³-hybridized carbons (Fsp3) is 0.259. The monoisotopic (exact) mass is 505 g/mol. The Morgan fingerprint density at radius 2 is 1.75 bits per heavy atom. The number of nitrogens with one attached hydrogen (secondary N) is 3. The van der Waals surface area contributed by atoms with Crippen LogP contribution in [0.1, 0.15) is 25.8 Å². The zero-order valence-corrected chi connectivity index (χ0v) is 21.0. The highest BCUT2D eigenvalue weighted by Gasteiger charge is 2.26. The van der Waals surface area contributed by atoms with Crippen LogP contribution in [0.2, 0.25) is 0 Å². The summed E-state index contributed by atoms with van der Waals surface area (Å²) in [6.45, 7) is 3.66. The molecule has 0 aliphatic rings. The number of aromatic amines is 1. The van der Waals surface area contributed by atoms with Crippen LogP contribution in [0.25, 0.3) is 21.7 Å². The summed E-state index contributed by atoms with van der Waals surface area (Å²) in [6.07, 6.45) is 3.39. The molecule has 0 bridgehead atoms. The molecule has 4 rings (SSSR count). The maximum atomic E-state index is 13.3. The second-order valence-corrected chi connectivity index (χ2v) is 10.5. The lowest BCUT2D eigenvalue weighted by atomic mass is 10.0. The topological polar surface area (TPSA) is 126 Å². The molecule has 0 fully saturated rings. The standard InChI is InChI=1S/C27H30N4O4S/c1-3-18(2)26(31-36(34,35)25-14-8-10-19-9-4-5-12-23(19)25)27(33)30-29-21(17-32)15-20-16-28-24-13-7-6-11-22(20)24/h4-14,16-18,21,26,28-29,31H,3,15H2,1-2H3,(H,30,33)/p-1/t18?,21-,26+/m1/s1. The van der Waals surface area contributed by atoms with Crippen LogP contribution >= 0.6 is 0 Å². The fourth-order valence-corrected chi connectivity index (χ4v) is 5.71. The Labute approximate surface area is 210 Å². The molecule has 1 unspecified atom stereocenters. The number of hydrogen-bond donors (Lipinski definition) is 3. The van der Waals surface area contributed by atoms with E-state index in [2.05, 4.69) is 20.2 Å². The molecule has 0 spiro atoms. The number of hydrogen-bond acceptors (Lipinski definition) is 6. The summed E-state index contributed by atoms with van der Waals surface area (Å²) in [5.74, 6) is -1.00. The van der Waals surface area contributed by atoms with E-state index in [0.29, 0.717) is 24.5 Å². The molecule has 4 aromatic rings. The maximum absolute atomic E-state index is 13.3. The van der Waals surface area contributed by atoms with Crippen LogP contribution in [-0.2, 0) is 21.2 Å². The molecule has 3 N–H and O–H groups in total. The number of H-pyrrole nitrogens is 1. The highest BCUT2D eigenvalue weighted by Crippen LogP contribution is 2.24. The van der Waals surface area contributed by atoms with E-state index in [1.54, 1.807) is 25.1 Å². The summed E-state index contributed by atoms with van der Waals surface area (Å²) in [5, 5.41) is 19.3. The Balaban J connectivity index is 1.55. The van der Waals surface area contributed by atoms with Crippen molar-refractivity contribution < 1.29 is 18.3 Å². The first-order valence-corrected chi connectivity index (χ1v) is 13.3. The van der Waals surface area contributed by atoms with Crippen molar-refractivity contribution in [2.24, 2.45) is 11.0 Å². The van der Waals surface area contributed by atoms with Gasteiger partial charge in [0, 0.05) is 34.8 Å². The summed E-state index contributed by atoms with van der Waals surface area (Å²) in [6, 6.07) is 18.1. The second kappa shape index (κ2) is 10.9. The SMILES string of the molecule is CCC(C)[C@H](NS(=O)(=O)c1cccc2ccccc12)C([O-])=NN[C@@H](C=O)Cc1c[nH]c2ccccc12. The van der Waals surface area contributed by atoms with Crippen molar-refractivity contribution in [1.29, 1.82) is 0 Å². The number of rotatable bonds is 11. The molecular weight excluding hydrogens is 476 g/mol. The summed E-state index contributed by atoms with van der Waals surface area (Å²) in [7, 11) is -4.03. The lowest BCUT2D eigenvalue weighted by molar-refractivity contribution is -0.223. The van der Waals surface area contributed by atoms with Crippen molar-refractivity contribution in [2.45, 2.75) is 43.7 Å². The molecule has 188 valence electrons. The molecule has 0 radical (unpaired) electrons. The highest BCUT2D eigenvalue weighted by atomic mass is 32.2. The van der Waals surface area contributed by atoms with Crippen molar-refractivity contribution >= 4 is 43.9 Å². The summed E-state index contributed by atoms with van der Waals surface area (Å²) < 4.78 is 29.2. The zero-order chi connectivity index (χ0) is 25.7. The molecule has 9 heteroatoms. The second-order valence-electron chi connectivity index (χ2n) is 8.85. The summed E-state index contributed by atoms with van der Waals surface area (Å²) >= 11 is 0. The van der Waals surface area contributed by atoms with Gasteiger partial charge in [0.1, 0.15) is 12.3 Å². The van der Waals surface area contributed by atoms with E-state index in [1.165, 1.54) is 6.07 Å². The van der Waals surface area contributed by atoms with E-state index >= 15 is 0 Å². The lowest BCUT2D eigenvalue weighted by Gasteiger charge is -2.29. The number of hydrazone groups is 1. The van der Waals surface area contributed by atoms with Gasteiger partial charge in [-0.25, -0.2) is 13.1 Å². The minimum Gasteiger partial charge on any atom is -0.859 e. The van der Waals surface area contributed by atoms with Crippen molar-refractivity contribution in [1.82, 2.24) is 15.1 Å². The highest BCUT2D eigenvalue weighted by molar-refractivity contribution is 7.89. The van der Waals surface area contributed by atoms with Gasteiger partial charge in [0.2, 0.25) is 10.0 Å². The van der Waals surface area contributed by atoms with E-state index in [9.17, 15) is 18.3 Å². The van der Waals surface area contributed by atoms with E-state index in [0.717, 1.165) is 21.9 Å². The van der Waals surface area contributed by atoms with Gasteiger partial charge in [-0.15, -0.1) is 0 Å². The largest absolute Gasteiger partial charge is 0.859 e. The normalized spacial score (nSPS) is 15.0. The van der Waals surface area contributed by atoms with Crippen LogP contribution in [0, 0.1) is 5.92 Å². The molecule has 0 saturated heterocycles. The number of sulfonamides is 1. The quantitative estimate of drug-likeness (QED) is 0.125. The van der Waals surface area contributed by atoms with Crippen molar-refractivity contribution in [2.75, 3.05) is 0 Å². The number of carbonyl (C=O) groups is 1. The first-order chi connectivity index (χ1) is 17.3. The predicted octanol–water partition coefficient (Wildman–Crippen LogP) is 3.09. The minimum absolute atomic E-state index is 0.0970. The predicted molar refractivity (Wildman–Crippen MR) is 140 cm³/mol. The minimum atomic E-state index is -4.03. The molecule has 0 aliphatic carbocycles. The molecule has 8 nitrogen and oxygen atoms in total. The molecule has 1 heterocycles. The van der Waals surface area contributed by atoms with Gasteiger partial charge in [0.05, 0.1) is 10.9 Å². The van der Waals surface area contributed by atoms with E-state index < -0.39 is 28.0 Å². The number of para-hydroxylation sites is 1. The van der Waals surface area contributed by atoms with E-state index in [1.807, 2.05) is 55.6 Å². The van der Waals surface area contributed by atoms with Gasteiger partial charge < -0.3 is 20.3 Å². The third-order valence-corrected chi connectivity index (χ3v) is 7.92. The van der Waals surface area contributed by atoms with E-state index in [4.69, 9.17) is 0 Å². The first-order valence-electron chi connectivity index (χ1n) is 11.8. The van der Waals surface area contributed by atoms with Crippen LogP contribution in [-0.4, -0.2) is 37.7 Å². The molecule has 36 heavy (non-hydrogen) atoms. The van der Waals surface area contributed by atoms with E-state index in [-0.39, 0.29) is 10.8 Å². The van der Waals surface area contributed by atoms with Gasteiger partial charge in [-0.3, -0.25) is 0 Å². The molecular formula is C27H29N4O4S-. The number of aromatic nitrogens is 1. The number of carbonyl (C=O) groups excluding carboxylic acids is 1. The number of nitrogens with zero attached hydrogens (tertiary/aromatic N) is 1. The Hall–Kier alpha value is -3.69. The Kier molecular flexibility index (Phi) is 7.71. The van der Waals surface area contributed by atoms with Crippen molar-refractivity contribution in [3.8, 4) is 0 Å². The first kappa shape index (κ1) is 25.4. The maximum Gasteiger partial charge on any atom is 0.241 e. The number of fused-ring (bicyclic) bond motifs is 2. The van der Waals surface area contributed by atoms with Crippen molar-refractivity contribution in [3.05, 3.63) is 78.5 Å². The summed E-state index contributed by atoms with van der Waals surface area (Å²) in [4.78, 5) is 15.0. The molecule has 0 amide bonds. The third-order valence-electron chi connectivity index (χ3n) is 6.42. The molecule has 1 aromatic heterocycles. The Morgan fingerprint density at radius 3 is 2.50 bits per heavy atom. The van der Waals surface area contributed by atoms with Crippen LogP contribution in [0.3, 0.4) is 0 Å². The molecule has 3 atom stereocenters. The summed E-state index contributed by atoms with van der Waals surface area (Å²) in [5.41, 5.74) is 4.50. The van der Waals surface area contributed by atoms with Crippen LogP contribution in [0.15, 0.2) is 82.9 Å². The fourth-order valence-electron chi connectivity index (χ4n) is 4.18. The molecule has 0 saturated carbocycles. The smallest absolute Gasteiger partial charge is 0.241 e. The third kappa shape index (κ3) is 5.42. The van der Waals surface area contributed by atoms with Gasteiger partial charge in [-0.1, -0.05) is 74.9 Å². The van der Waals surface area contributed by atoms with Crippen LogP contribution in [0.4, 0.5) is 0 Å². The average Bonchev–Trinajstić information content (AvgIpc) is 3.31. The van der Waals surface area contributed by atoms with Gasteiger partial charge in [0.25, 0.3) is 0 Å². The zero-order valence-electron chi connectivity index (χ0n) is 20.1. The Bertz CT molecular complexity index is 1490. The molecule has 0 aliphatic heterocycles. The van der Waals surface area contributed by atoms with Crippen LogP contribution < -0.4 is 15.3 Å². The Morgan fingerprint density at radius 1 is 1.06 bits per heavy atom. The van der Waals surface area contributed by atoms with Gasteiger partial charge >= 0.3 is 0 Å². The van der Waals surface area contributed by atoms with Gasteiger partial charge in [-0.2, -0.15) is 5.10 Å².